The second-order valence-electron chi connectivity index (χ2n) is 6.94. The van der Waals surface area contributed by atoms with Gasteiger partial charge in [0.2, 0.25) is 0 Å². The summed E-state index contributed by atoms with van der Waals surface area (Å²) in [6, 6.07) is 30.1. The Balaban J connectivity index is 1.61. The zero-order chi connectivity index (χ0) is 19.3. The molecule has 1 heterocycles. The van der Waals surface area contributed by atoms with Gasteiger partial charge in [-0.3, -0.25) is 9.78 Å². The third-order valence-corrected chi connectivity index (χ3v) is 5.51. The molecule has 0 saturated heterocycles. The molecule has 0 bridgehead atoms. The summed E-state index contributed by atoms with van der Waals surface area (Å²) in [7, 11) is 0. The molecule has 1 atom stereocenters. The van der Waals surface area contributed by atoms with Gasteiger partial charge in [0.1, 0.15) is 0 Å². The van der Waals surface area contributed by atoms with E-state index in [1.807, 2.05) is 60.7 Å². The maximum absolute atomic E-state index is 12.9. The fraction of sp³-hybridized carbons (Fsp3) is 0.120. The highest BCUT2D eigenvalue weighted by Gasteiger charge is 2.18. The van der Waals surface area contributed by atoms with E-state index in [2.05, 4.69) is 46.3 Å². The van der Waals surface area contributed by atoms with Crippen LogP contribution in [0.4, 0.5) is 0 Å². The Hall–Kier alpha value is -2.78. The van der Waals surface area contributed by atoms with Gasteiger partial charge in [-0.15, -0.1) is 0 Å². The van der Waals surface area contributed by atoms with Gasteiger partial charge in [-0.05, 0) is 42.2 Å². The van der Waals surface area contributed by atoms with Crippen LogP contribution in [0.1, 0.15) is 34.0 Å². The van der Waals surface area contributed by atoms with Crippen molar-refractivity contribution in [1.82, 2.24) is 4.98 Å². The number of aromatic nitrogens is 1. The first-order valence-electron chi connectivity index (χ1n) is 9.37. The summed E-state index contributed by atoms with van der Waals surface area (Å²) < 4.78 is 0.976. The lowest BCUT2D eigenvalue weighted by Crippen LogP contribution is -2.11. The highest BCUT2D eigenvalue weighted by atomic mass is 79.9. The lowest BCUT2D eigenvalue weighted by atomic mass is 9.87. The summed E-state index contributed by atoms with van der Waals surface area (Å²) in [5.74, 6) is 0.244. The van der Waals surface area contributed by atoms with Crippen molar-refractivity contribution in [3.8, 4) is 0 Å². The SMILES string of the molecule is O=C(CC(Cc1ccc2ccccc2n1)c1ccccc1)c1ccc(Br)cc1. The summed E-state index contributed by atoms with van der Waals surface area (Å²) in [6.45, 7) is 0. The Kier molecular flexibility index (Phi) is 5.63. The normalized spacial score (nSPS) is 12.0. The zero-order valence-electron chi connectivity index (χ0n) is 15.4. The maximum Gasteiger partial charge on any atom is 0.163 e. The minimum atomic E-state index is 0.0889. The van der Waals surface area contributed by atoms with E-state index < -0.39 is 0 Å². The Bertz CT molecular complexity index is 1090. The zero-order valence-corrected chi connectivity index (χ0v) is 17.0. The Morgan fingerprint density at radius 2 is 1.54 bits per heavy atom. The molecular formula is C25H20BrNO. The average Bonchev–Trinajstić information content (AvgIpc) is 2.74. The van der Waals surface area contributed by atoms with Gasteiger partial charge in [0.15, 0.2) is 5.78 Å². The van der Waals surface area contributed by atoms with Crippen LogP contribution in [0.3, 0.4) is 0 Å². The molecule has 0 aliphatic heterocycles. The van der Waals surface area contributed by atoms with E-state index in [1.165, 1.54) is 5.56 Å². The molecule has 0 aliphatic carbocycles. The topological polar surface area (TPSA) is 30.0 Å². The van der Waals surface area contributed by atoms with Crippen LogP contribution in [0.25, 0.3) is 10.9 Å². The molecule has 0 fully saturated rings. The molecule has 4 rings (SSSR count). The van der Waals surface area contributed by atoms with Crippen molar-refractivity contribution >= 4 is 32.6 Å². The summed E-state index contributed by atoms with van der Waals surface area (Å²) in [5.41, 5.74) is 3.92. The van der Waals surface area contributed by atoms with Crippen LogP contribution in [0.5, 0.6) is 0 Å². The number of rotatable bonds is 6. The van der Waals surface area contributed by atoms with Crippen LogP contribution in [-0.4, -0.2) is 10.8 Å². The van der Waals surface area contributed by atoms with Gasteiger partial charge in [0, 0.05) is 27.5 Å². The third kappa shape index (κ3) is 4.37. The average molecular weight is 430 g/mol. The molecule has 28 heavy (non-hydrogen) atoms. The standard InChI is InChI=1S/C25H20BrNO/c26-22-13-10-20(11-14-22)25(28)17-21(18-6-2-1-3-7-18)16-23-15-12-19-8-4-5-9-24(19)27-23/h1-15,21H,16-17H2. The Morgan fingerprint density at radius 3 is 2.32 bits per heavy atom. The maximum atomic E-state index is 12.9. The van der Waals surface area contributed by atoms with Crippen molar-refractivity contribution in [1.29, 1.82) is 0 Å². The van der Waals surface area contributed by atoms with E-state index in [4.69, 9.17) is 4.98 Å². The number of para-hydroxylation sites is 1. The van der Waals surface area contributed by atoms with Crippen LogP contribution in [0.15, 0.2) is 95.5 Å². The number of hydrogen-bond donors (Lipinski definition) is 0. The fourth-order valence-electron chi connectivity index (χ4n) is 3.48. The molecule has 0 N–H and O–H groups in total. The number of carbonyl (C=O) groups is 1. The second-order valence-corrected chi connectivity index (χ2v) is 7.86. The van der Waals surface area contributed by atoms with E-state index in [1.54, 1.807) is 0 Å². The van der Waals surface area contributed by atoms with Gasteiger partial charge in [-0.2, -0.15) is 0 Å². The molecule has 3 aromatic carbocycles. The minimum absolute atomic E-state index is 0.0889. The van der Waals surface area contributed by atoms with Crippen LogP contribution in [0.2, 0.25) is 0 Å². The molecule has 0 radical (unpaired) electrons. The summed E-state index contributed by atoms with van der Waals surface area (Å²) >= 11 is 3.43. The number of carbonyl (C=O) groups excluding carboxylic acids is 1. The molecule has 0 saturated carbocycles. The monoisotopic (exact) mass is 429 g/mol. The first-order valence-corrected chi connectivity index (χ1v) is 10.2. The van der Waals surface area contributed by atoms with Gasteiger partial charge in [0.05, 0.1) is 5.52 Å². The molecule has 0 aliphatic rings. The molecule has 0 amide bonds. The lowest BCUT2D eigenvalue weighted by molar-refractivity contribution is 0.0973. The van der Waals surface area contributed by atoms with Gasteiger partial charge in [-0.1, -0.05) is 82.7 Å². The number of ketones is 1. The van der Waals surface area contributed by atoms with Gasteiger partial charge >= 0.3 is 0 Å². The molecule has 2 nitrogen and oxygen atoms in total. The van der Waals surface area contributed by atoms with Crippen molar-refractivity contribution in [2.45, 2.75) is 18.8 Å². The van der Waals surface area contributed by atoms with Gasteiger partial charge < -0.3 is 0 Å². The lowest BCUT2D eigenvalue weighted by Gasteiger charge is -2.17. The van der Waals surface area contributed by atoms with Crippen molar-refractivity contribution in [2.24, 2.45) is 0 Å². The van der Waals surface area contributed by atoms with Crippen LogP contribution in [0, 0.1) is 0 Å². The first kappa shape index (κ1) is 18.6. The quantitative estimate of drug-likeness (QED) is 0.323. The van der Waals surface area contributed by atoms with Crippen LogP contribution >= 0.6 is 15.9 Å². The number of pyridine rings is 1. The van der Waals surface area contributed by atoms with Gasteiger partial charge in [0.25, 0.3) is 0 Å². The first-order chi connectivity index (χ1) is 13.7. The Labute approximate surface area is 173 Å². The number of halogens is 1. The van der Waals surface area contributed by atoms with E-state index in [0.717, 1.165) is 33.1 Å². The second kappa shape index (κ2) is 8.49. The summed E-state index contributed by atoms with van der Waals surface area (Å²) in [4.78, 5) is 17.7. The fourth-order valence-corrected chi connectivity index (χ4v) is 3.75. The predicted octanol–water partition coefficient (Wildman–Crippen LogP) is 6.60. The summed E-state index contributed by atoms with van der Waals surface area (Å²) in [5, 5.41) is 1.13. The molecule has 3 heteroatoms. The van der Waals surface area contributed by atoms with Crippen LogP contribution < -0.4 is 0 Å². The highest BCUT2D eigenvalue weighted by molar-refractivity contribution is 9.10. The van der Waals surface area contributed by atoms with E-state index in [9.17, 15) is 4.79 Å². The number of benzene rings is 3. The third-order valence-electron chi connectivity index (χ3n) is 4.98. The number of fused-ring (bicyclic) bond motifs is 1. The van der Waals surface area contributed by atoms with Crippen molar-refractivity contribution in [2.75, 3.05) is 0 Å². The predicted molar refractivity (Wildman–Crippen MR) is 118 cm³/mol. The number of hydrogen-bond acceptors (Lipinski definition) is 2. The molecule has 0 spiro atoms. The molecule has 1 aromatic heterocycles. The van der Waals surface area contributed by atoms with Crippen molar-refractivity contribution in [3.05, 3.63) is 112 Å². The molecule has 1 unspecified atom stereocenters. The minimum Gasteiger partial charge on any atom is -0.294 e. The Morgan fingerprint density at radius 1 is 0.821 bits per heavy atom. The van der Waals surface area contributed by atoms with Crippen LogP contribution in [-0.2, 0) is 6.42 Å². The molecule has 138 valence electrons. The smallest absolute Gasteiger partial charge is 0.163 e. The van der Waals surface area contributed by atoms with Gasteiger partial charge in [-0.25, -0.2) is 0 Å². The highest BCUT2D eigenvalue weighted by Crippen LogP contribution is 2.27. The molecular weight excluding hydrogens is 410 g/mol. The van der Waals surface area contributed by atoms with Crippen molar-refractivity contribution in [3.63, 3.8) is 0 Å². The number of Topliss-reactive ketones (excluding diaryl/α,β-unsaturated/α-hetero) is 1. The van der Waals surface area contributed by atoms with E-state index in [-0.39, 0.29) is 11.7 Å². The van der Waals surface area contributed by atoms with Crippen molar-refractivity contribution < 1.29 is 4.79 Å². The van der Waals surface area contributed by atoms with E-state index >= 15 is 0 Å². The van der Waals surface area contributed by atoms with E-state index in [0.29, 0.717) is 6.42 Å². The largest absolute Gasteiger partial charge is 0.294 e. The summed E-state index contributed by atoms with van der Waals surface area (Å²) in [6.07, 6.45) is 1.19. The molecule has 4 aromatic rings. The number of nitrogens with zero attached hydrogens (tertiary/aromatic N) is 1.